The average Bonchev–Trinajstić information content (AvgIpc) is 3.04. The van der Waals surface area contributed by atoms with Crippen LogP contribution < -0.4 is 14.4 Å². The van der Waals surface area contributed by atoms with Gasteiger partial charge in [-0.15, -0.1) is 0 Å². The first-order valence-corrected chi connectivity index (χ1v) is 6.73. The van der Waals surface area contributed by atoms with Gasteiger partial charge in [0.15, 0.2) is 17.5 Å². The first kappa shape index (κ1) is 13.1. The second-order valence-electron chi connectivity index (χ2n) is 5.04. The third-order valence-corrected chi connectivity index (χ3v) is 3.72. The Balaban J connectivity index is 1.73. The summed E-state index contributed by atoms with van der Waals surface area (Å²) >= 11 is 0. The van der Waals surface area contributed by atoms with E-state index in [1.807, 2.05) is 0 Å². The molecule has 1 aromatic heterocycles. The lowest BCUT2D eigenvalue weighted by atomic mass is 9.93. The zero-order valence-corrected chi connectivity index (χ0v) is 11.3. The maximum atomic E-state index is 13.9. The Morgan fingerprint density at radius 3 is 2.64 bits per heavy atom. The molecule has 22 heavy (non-hydrogen) atoms. The van der Waals surface area contributed by atoms with Crippen molar-refractivity contribution in [1.82, 2.24) is 0 Å². The highest BCUT2D eigenvalue weighted by Gasteiger charge is 2.66. The van der Waals surface area contributed by atoms with Crippen LogP contribution in [0.4, 0.5) is 14.5 Å². The lowest BCUT2D eigenvalue weighted by Gasteiger charge is -2.45. The van der Waals surface area contributed by atoms with Gasteiger partial charge in [0.2, 0.25) is 0 Å². The van der Waals surface area contributed by atoms with Gasteiger partial charge in [0.1, 0.15) is 19.0 Å². The van der Waals surface area contributed by atoms with E-state index in [2.05, 4.69) is 0 Å². The number of ether oxygens (including phenoxy) is 2. The number of rotatable bonds is 2. The number of furan rings is 1. The van der Waals surface area contributed by atoms with Crippen LogP contribution >= 0.6 is 0 Å². The average molecular weight is 307 g/mol. The number of hydrogen-bond acceptors (Lipinski definition) is 4. The van der Waals surface area contributed by atoms with Crippen molar-refractivity contribution in [2.45, 2.75) is 12.0 Å². The highest BCUT2D eigenvalue weighted by molar-refractivity contribution is 6.07. The normalized spacial score (nSPS) is 22.4. The fraction of sp³-hybridized carbons (Fsp3) is 0.267. The summed E-state index contributed by atoms with van der Waals surface area (Å²) < 4.78 is 43.7. The number of amides is 1. The minimum atomic E-state index is -3.48. The Bertz CT molecular complexity index is 729. The molecule has 4 rings (SSSR count). The van der Waals surface area contributed by atoms with Crippen molar-refractivity contribution in [3.63, 3.8) is 0 Å². The predicted octanol–water partition coefficient (Wildman–Crippen LogP) is 2.77. The topological polar surface area (TPSA) is 51.9 Å². The lowest BCUT2D eigenvalue weighted by Crippen LogP contribution is -2.64. The van der Waals surface area contributed by atoms with Gasteiger partial charge in [0.05, 0.1) is 6.26 Å². The monoisotopic (exact) mass is 307 g/mol. The van der Waals surface area contributed by atoms with E-state index in [0.29, 0.717) is 30.4 Å². The van der Waals surface area contributed by atoms with Crippen LogP contribution in [0.1, 0.15) is 11.8 Å². The molecule has 0 saturated carbocycles. The van der Waals surface area contributed by atoms with Crippen molar-refractivity contribution in [2.24, 2.45) is 0 Å². The summed E-state index contributed by atoms with van der Waals surface area (Å²) in [7, 11) is 0. The lowest BCUT2D eigenvalue weighted by molar-refractivity contribution is -0.164. The number of nitrogens with zero attached hydrogens (tertiary/aromatic N) is 1. The van der Waals surface area contributed by atoms with Crippen molar-refractivity contribution < 1.29 is 27.5 Å². The molecule has 1 saturated heterocycles. The molecule has 1 fully saturated rings. The molecule has 0 N–H and O–H groups in total. The van der Waals surface area contributed by atoms with Crippen molar-refractivity contribution in [3.8, 4) is 11.5 Å². The van der Waals surface area contributed by atoms with E-state index in [0.717, 1.165) is 4.90 Å². The number of carbonyl (C=O) groups is 1. The third kappa shape index (κ3) is 1.71. The highest BCUT2D eigenvalue weighted by atomic mass is 19.3. The fourth-order valence-corrected chi connectivity index (χ4v) is 2.69. The second kappa shape index (κ2) is 4.46. The molecule has 5 nitrogen and oxygen atoms in total. The molecule has 0 bridgehead atoms. The molecule has 2 aliphatic heterocycles. The molecule has 2 aromatic rings. The first-order chi connectivity index (χ1) is 10.6. The highest BCUT2D eigenvalue weighted by Crippen LogP contribution is 2.50. The van der Waals surface area contributed by atoms with Crippen LogP contribution in [0.3, 0.4) is 0 Å². The van der Waals surface area contributed by atoms with Crippen LogP contribution in [0.5, 0.6) is 11.5 Å². The summed E-state index contributed by atoms with van der Waals surface area (Å²) in [5.41, 5.74) is 0.321. The number of benzene rings is 1. The molecule has 7 heteroatoms. The van der Waals surface area contributed by atoms with E-state index in [9.17, 15) is 13.6 Å². The van der Waals surface area contributed by atoms with E-state index >= 15 is 0 Å². The Morgan fingerprint density at radius 2 is 1.91 bits per heavy atom. The van der Waals surface area contributed by atoms with Gasteiger partial charge < -0.3 is 13.9 Å². The van der Waals surface area contributed by atoms with Crippen molar-refractivity contribution >= 4 is 11.6 Å². The summed E-state index contributed by atoms with van der Waals surface area (Å²) in [5.74, 6) is -3.73. The second-order valence-corrected chi connectivity index (χ2v) is 5.04. The van der Waals surface area contributed by atoms with Gasteiger partial charge in [0, 0.05) is 11.8 Å². The number of halogens is 2. The van der Waals surface area contributed by atoms with Crippen molar-refractivity contribution in [1.29, 1.82) is 0 Å². The van der Waals surface area contributed by atoms with Gasteiger partial charge in [-0.1, -0.05) is 0 Å². The maximum Gasteiger partial charge on any atom is 0.352 e. The molecular formula is C15H11F2NO4. The van der Waals surface area contributed by atoms with Crippen LogP contribution in [0, 0.1) is 0 Å². The molecular weight excluding hydrogens is 296 g/mol. The maximum absolute atomic E-state index is 13.9. The molecule has 1 atom stereocenters. The van der Waals surface area contributed by atoms with Crippen molar-refractivity contribution in [3.05, 3.63) is 42.4 Å². The number of carbonyl (C=O) groups excluding carboxylic acids is 1. The number of β-lactam (4-membered cyclic amide) rings is 1. The molecule has 0 radical (unpaired) electrons. The van der Waals surface area contributed by atoms with Crippen LogP contribution in [-0.2, 0) is 4.79 Å². The molecule has 1 unspecified atom stereocenters. The van der Waals surface area contributed by atoms with Gasteiger partial charge in [-0.25, -0.2) is 0 Å². The molecule has 1 aromatic carbocycles. The van der Waals surface area contributed by atoms with Gasteiger partial charge in [0.25, 0.3) is 0 Å². The Kier molecular flexibility index (Phi) is 2.66. The van der Waals surface area contributed by atoms with E-state index in [1.165, 1.54) is 24.5 Å². The van der Waals surface area contributed by atoms with Gasteiger partial charge in [-0.3, -0.25) is 9.69 Å². The zero-order chi connectivity index (χ0) is 15.3. The predicted molar refractivity (Wildman–Crippen MR) is 71.3 cm³/mol. The van der Waals surface area contributed by atoms with E-state index in [1.54, 1.807) is 12.1 Å². The molecule has 114 valence electrons. The molecule has 1 amide bonds. The first-order valence-electron chi connectivity index (χ1n) is 6.73. The minimum absolute atomic E-state index is 0.0412. The van der Waals surface area contributed by atoms with Crippen molar-refractivity contribution in [2.75, 3.05) is 18.1 Å². The van der Waals surface area contributed by atoms with Crippen LogP contribution in [0.15, 0.2) is 41.0 Å². The molecule has 2 aliphatic rings. The third-order valence-electron chi connectivity index (χ3n) is 3.72. The van der Waals surface area contributed by atoms with Gasteiger partial charge in [-0.2, -0.15) is 8.78 Å². The Morgan fingerprint density at radius 1 is 1.14 bits per heavy atom. The summed E-state index contributed by atoms with van der Waals surface area (Å²) in [6, 6.07) is 6.17. The zero-order valence-electron chi connectivity index (χ0n) is 11.3. The Labute approximate surface area is 124 Å². The Hall–Kier alpha value is -2.57. The summed E-state index contributed by atoms with van der Waals surface area (Å²) in [6.07, 6.45) is 1.30. The largest absolute Gasteiger partial charge is 0.486 e. The van der Waals surface area contributed by atoms with E-state index in [4.69, 9.17) is 13.9 Å². The smallest absolute Gasteiger partial charge is 0.352 e. The van der Waals surface area contributed by atoms with Crippen LogP contribution in [0.25, 0.3) is 0 Å². The minimum Gasteiger partial charge on any atom is -0.486 e. The van der Waals surface area contributed by atoms with E-state index in [-0.39, 0.29) is 5.76 Å². The fourth-order valence-electron chi connectivity index (χ4n) is 2.69. The van der Waals surface area contributed by atoms with Gasteiger partial charge >= 0.3 is 11.8 Å². The number of fused-ring (bicyclic) bond motifs is 1. The van der Waals surface area contributed by atoms with Gasteiger partial charge in [-0.05, 0) is 24.3 Å². The molecule has 0 spiro atoms. The van der Waals surface area contributed by atoms with Crippen LogP contribution in [-0.4, -0.2) is 25.0 Å². The molecule has 3 heterocycles. The standard InChI is InChI=1S/C15H11F2NO4/c16-15(17)13(11-2-1-5-20-11)18(14(15)19)9-3-4-10-12(8-9)22-7-6-21-10/h1-5,8,13H,6-7H2. The number of anilines is 1. The molecule has 0 aliphatic carbocycles. The van der Waals surface area contributed by atoms with Crippen LogP contribution in [0.2, 0.25) is 0 Å². The quantitative estimate of drug-likeness (QED) is 0.801. The number of hydrogen-bond donors (Lipinski definition) is 0. The number of alkyl halides is 2. The van der Waals surface area contributed by atoms with E-state index < -0.39 is 17.9 Å². The summed E-state index contributed by atoms with van der Waals surface area (Å²) in [6.45, 7) is 0.810. The summed E-state index contributed by atoms with van der Waals surface area (Å²) in [4.78, 5) is 12.8. The summed E-state index contributed by atoms with van der Waals surface area (Å²) in [5, 5.41) is 0. The SMILES string of the molecule is O=C1N(c2ccc3c(c2)OCCO3)C(c2ccco2)C1(F)F.